The van der Waals surface area contributed by atoms with E-state index < -0.39 is 30.1 Å². The minimum absolute atomic E-state index is 0.124. The van der Waals surface area contributed by atoms with Crippen molar-refractivity contribution in [3.8, 4) is 0 Å². The molecule has 0 aliphatic carbocycles. The molecule has 52 heavy (non-hydrogen) atoms. The Morgan fingerprint density at radius 2 is 1.35 bits per heavy atom. The molecule has 0 radical (unpaired) electrons. The average Bonchev–Trinajstić information content (AvgIpc) is 3.10. The summed E-state index contributed by atoms with van der Waals surface area (Å²) in [7, 11) is 1.86. The Bertz CT molecular complexity index is 1420. The third-order valence-electron chi connectivity index (χ3n) is 9.14. The van der Waals surface area contributed by atoms with Crippen molar-refractivity contribution in [3.63, 3.8) is 0 Å². The Balaban J connectivity index is 2.24. The second-order valence-corrected chi connectivity index (χ2v) is 14.5. The summed E-state index contributed by atoms with van der Waals surface area (Å²) in [4.78, 5) is 67.2. The van der Waals surface area contributed by atoms with Crippen molar-refractivity contribution in [3.05, 3.63) is 66.0 Å². The molecule has 0 bridgehead atoms. The smallest absolute Gasteiger partial charge is 0.252 e. The molecule has 5 amide bonds. The number of nitrogens with one attached hydrogen (secondary N) is 6. The van der Waals surface area contributed by atoms with Gasteiger partial charge in [-0.2, -0.15) is 0 Å². The normalized spacial score (nSPS) is 14.8. The van der Waals surface area contributed by atoms with E-state index in [1.807, 2.05) is 83.5 Å². The van der Waals surface area contributed by atoms with Gasteiger partial charge in [0.25, 0.3) is 5.91 Å². The average molecular weight is 723 g/mol. The molecule has 0 fully saturated rings. The number of nitrogens with zero attached hydrogens (tertiary/aromatic N) is 1. The topological polar surface area (TPSA) is 161 Å². The molecule has 0 unspecified atom stereocenters. The fourth-order valence-corrected chi connectivity index (χ4v) is 5.93. The van der Waals surface area contributed by atoms with Gasteiger partial charge in [0.1, 0.15) is 25.2 Å². The fourth-order valence-electron chi connectivity index (χ4n) is 5.93. The van der Waals surface area contributed by atoms with E-state index in [1.165, 1.54) is 0 Å². The van der Waals surface area contributed by atoms with Crippen LogP contribution >= 0.6 is 0 Å². The van der Waals surface area contributed by atoms with E-state index in [9.17, 15) is 24.0 Å². The zero-order chi connectivity index (χ0) is 38.8. The molecule has 12 nitrogen and oxygen atoms in total. The number of aromatic nitrogens is 1. The maximum atomic E-state index is 13.9. The van der Waals surface area contributed by atoms with Crippen LogP contribution in [-0.4, -0.2) is 72.8 Å². The van der Waals surface area contributed by atoms with Gasteiger partial charge in [-0.1, -0.05) is 91.6 Å². The number of amides is 5. The number of hydrogen-bond acceptors (Lipinski definition) is 6. The summed E-state index contributed by atoms with van der Waals surface area (Å²) in [6.07, 6.45) is 6.24. The lowest BCUT2D eigenvalue weighted by Gasteiger charge is -2.29. The van der Waals surface area contributed by atoms with Gasteiger partial charge >= 0.3 is 0 Å². The van der Waals surface area contributed by atoms with Gasteiger partial charge < -0.3 is 31.9 Å². The van der Waals surface area contributed by atoms with Crippen LogP contribution in [0.15, 0.2) is 54.9 Å². The van der Waals surface area contributed by atoms with Gasteiger partial charge in [-0.15, -0.1) is 0 Å². The number of carbonyl (C=O) groups is 5. The highest BCUT2D eigenvalue weighted by Crippen LogP contribution is 2.13. The molecule has 0 saturated carbocycles. The van der Waals surface area contributed by atoms with E-state index >= 15 is 0 Å². The highest BCUT2D eigenvalue weighted by molar-refractivity contribution is 5.98. The molecular weight excluding hydrogens is 658 g/mol. The van der Waals surface area contributed by atoms with Gasteiger partial charge in [-0.05, 0) is 49.5 Å². The predicted octanol–water partition coefficient (Wildman–Crippen LogP) is 2.95. The van der Waals surface area contributed by atoms with Crippen LogP contribution < -0.4 is 36.5 Å². The van der Waals surface area contributed by atoms with Crippen molar-refractivity contribution < 1.29 is 28.5 Å². The van der Waals surface area contributed by atoms with Crippen molar-refractivity contribution in [2.45, 2.75) is 118 Å². The van der Waals surface area contributed by atoms with Crippen molar-refractivity contribution >= 4 is 29.5 Å². The molecule has 1 aromatic heterocycles. The first-order valence-electron chi connectivity index (χ1n) is 18.9. The van der Waals surface area contributed by atoms with E-state index in [-0.39, 0.29) is 54.0 Å². The van der Waals surface area contributed by atoms with Crippen LogP contribution in [0.4, 0.5) is 0 Å². The minimum atomic E-state index is -0.835. The number of benzene rings is 1. The van der Waals surface area contributed by atoms with E-state index in [1.54, 1.807) is 24.5 Å². The maximum absolute atomic E-state index is 13.9. The van der Waals surface area contributed by atoms with E-state index in [0.29, 0.717) is 44.2 Å². The van der Waals surface area contributed by atoms with E-state index in [4.69, 9.17) is 0 Å². The Morgan fingerprint density at radius 3 is 1.90 bits per heavy atom. The molecule has 0 saturated heterocycles. The first-order valence-corrected chi connectivity index (χ1v) is 18.9. The summed E-state index contributed by atoms with van der Waals surface area (Å²) in [6, 6.07) is 9.64. The molecule has 288 valence electrons. The van der Waals surface area contributed by atoms with Crippen LogP contribution in [0, 0.1) is 17.8 Å². The minimum Gasteiger partial charge on any atom is -0.355 e. The Morgan fingerprint density at radius 1 is 0.712 bits per heavy atom. The summed E-state index contributed by atoms with van der Waals surface area (Å²) in [5.74, 6) is -1.72. The fraction of sp³-hybridized carbons (Fsp3) is 0.600. The van der Waals surface area contributed by atoms with Crippen molar-refractivity contribution in [2.24, 2.45) is 24.8 Å². The van der Waals surface area contributed by atoms with Crippen molar-refractivity contribution in [1.29, 1.82) is 0 Å². The lowest BCUT2D eigenvalue weighted by Crippen LogP contribution is -2.58. The number of likely N-dealkylation sites (N-methyl/N-ethyl adjacent to an activating group) is 1. The van der Waals surface area contributed by atoms with Crippen LogP contribution in [0.3, 0.4) is 0 Å². The van der Waals surface area contributed by atoms with Crippen LogP contribution in [0.2, 0.25) is 0 Å². The summed E-state index contributed by atoms with van der Waals surface area (Å²) in [5.41, 5.74) is 1.39. The molecule has 2 aromatic rings. The molecule has 0 aliphatic rings. The highest BCUT2D eigenvalue weighted by Gasteiger charge is 2.32. The quantitative estimate of drug-likeness (QED) is 0.103. The molecule has 0 spiro atoms. The number of pyridine rings is 1. The highest BCUT2D eigenvalue weighted by atomic mass is 16.2. The van der Waals surface area contributed by atoms with Crippen LogP contribution in [0.25, 0.3) is 0 Å². The van der Waals surface area contributed by atoms with Gasteiger partial charge in [0.05, 0.1) is 11.6 Å². The monoisotopic (exact) mass is 722 g/mol. The number of rotatable bonds is 22. The second kappa shape index (κ2) is 22.6. The number of carbonyl (C=O) groups excluding carboxylic acids is 5. The molecule has 0 aliphatic heterocycles. The van der Waals surface area contributed by atoms with Gasteiger partial charge in [0, 0.05) is 31.3 Å². The van der Waals surface area contributed by atoms with Gasteiger partial charge in [-0.3, -0.25) is 24.0 Å². The predicted molar refractivity (Wildman–Crippen MR) is 204 cm³/mol. The SMILES string of the molecule is CCC[C@H](NC(=O)[C@@H](NC(=O)c1cc[n+](C)cc1)[C@@H](C)CC)C(=O)N[C@H](CN[C@@H](Cc1ccccc1)C(=O)N[C@H](C(=O)NCC)C(C)C)CC(C)C. The first-order chi connectivity index (χ1) is 24.7. The Kier molecular flexibility index (Phi) is 19.0. The van der Waals surface area contributed by atoms with Gasteiger partial charge in [0.15, 0.2) is 12.4 Å². The van der Waals surface area contributed by atoms with Gasteiger partial charge in [-0.25, -0.2) is 4.57 Å². The summed E-state index contributed by atoms with van der Waals surface area (Å²) < 4.78 is 1.82. The van der Waals surface area contributed by atoms with Crippen LogP contribution in [0.5, 0.6) is 0 Å². The summed E-state index contributed by atoms with van der Waals surface area (Å²) in [6.45, 7) is 16.3. The number of aryl methyl sites for hydroxylation is 1. The third kappa shape index (κ3) is 14.7. The lowest BCUT2D eigenvalue weighted by molar-refractivity contribution is -0.671. The summed E-state index contributed by atoms with van der Waals surface area (Å²) in [5, 5.41) is 18.1. The van der Waals surface area contributed by atoms with E-state index in [0.717, 1.165) is 5.56 Å². The molecule has 6 N–H and O–H groups in total. The van der Waals surface area contributed by atoms with Crippen LogP contribution in [-0.2, 0) is 32.6 Å². The Hall–Kier alpha value is -4.32. The van der Waals surface area contributed by atoms with Gasteiger partial charge in [0.2, 0.25) is 23.6 Å². The van der Waals surface area contributed by atoms with Crippen LogP contribution in [0.1, 0.15) is 97.0 Å². The molecule has 6 atom stereocenters. The molecule has 2 rings (SSSR count). The van der Waals surface area contributed by atoms with E-state index in [2.05, 4.69) is 45.7 Å². The maximum Gasteiger partial charge on any atom is 0.252 e. The summed E-state index contributed by atoms with van der Waals surface area (Å²) >= 11 is 0. The largest absolute Gasteiger partial charge is 0.355 e. The standard InChI is InChI=1S/C40H63N7O5/c1-10-16-32(44-40(52)35(28(8)11-2)46-36(48)30-19-21-47(9)22-20-30)37(49)43-31(23-26(4)5)25-42-33(24-29-17-14-13-15-18-29)38(50)45-34(27(6)7)39(51)41-12-3/h13-15,17-22,26-28,31-35,42H,10-12,16,23-25H2,1-9H3,(H4-,41,43,44,45,46,48,49,50,51,52)/p+1/t28-,31-,32-,33-,34-,35-/m0/s1. The third-order valence-corrected chi connectivity index (χ3v) is 9.14. The molecule has 12 heteroatoms. The molecular formula is C40H64N7O5+. The van der Waals surface area contributed by atoms with Crippen molar-refractivity contribution in [2.75, 3.05) is 13.1 Å². The van der Waals surface area contributed by atoms with Crippen molar-refractivity contribution in [1.82, 2.24) is 31.9 Å². The molecule has 1 aromatic carbocycles. The Labute approximate surface area is 311 Å². The lowest BCUT2D eigenvalue weighted by atomic mass is 9.97. The first kappa shape index (κ1) is 43.8. The number of hydrogen-bond donors (Lipinski definition) is 6. The zero-order valence-electron chi connectivity index (χ0n) is 32.8. The molecule has 1 heterocycles. The zero-order valence-corrected chi connectivity index (χ0v) is 32.8. The second-order valence-electron chi connectivity index (χ2n) is 14.5.